The molecule has 1 atom stereocenters. The monoisotopic (exact) mass is 292 g/mol. The Morgan fingerprint density at radius 1 is 1.35 bits per heavy atom. The van der Waals surface area contributed by atoms with E-state index in [-0.39, 0.29) is 11.9 Å². The second kappa shape index (κ2) is 6.09. The van der Waals surface area contributed by atoms with Gasteiger partial charge in [0.05, 0.1) is 11.7 Å². The minimum Gasteiger partial charge on any atom is -0.361 e. The summed E-state index contributed by atoms with van der Waals surface area (Å²) in [7, 11) is 0. The van der Waals surface area contributed by atoms with Gasteiger partial charge in [-0.15, -0.1) is 0 Å². The maximum Gasteiger partial charge on any atom is 0.257 e. The fraction of sp³-hybridized carbons (Fsp3) is 0.333. The van der Waals surface area contributed by atoms with Crippen LogP contribution in [0, 0.1) is 13.8 Å². The summed E-state index contributed by atoms with van der Waals surface area (Å²) in [4.78, 5) is 12.3. The Hall–Kier alpha value is -1.81. The molecule has 5 heteroatoms. The molecule has 2 aromatic rings. The molecule has 1 aromatic heterocycles. The Bertz CT molecular complexity index is 585. The van der Waals surface area contributed by atoms with E-state index in [2.05, 4.69) is 10.5 Å². The molecule has 1 unspecified atom stereocenters. The van der Waals surface area contributed by atoms with E-state index in [9.17, 15) is 4.79 Å². The zero-order chi connectivity index (χ0) is 14.7. The molecule has 1 amide bonds. The van der Waals surface area contributed by atoms with Crippen molar-refractivity contribution in [3.8, 4) is 0 Å². The molecule has 0 spiro atoms. The number of carbonyl (C=O) groups is 1. The van der Waals surface area contributed by atoms with Gasteiger partial charge in [0.25, 0.3) is 5.91 Å². The van der Waals surface area contributed by atoms with E-state index in [1.165, 1.54) is 0 Å². The first-order valence-corrected chi connectivity index (χ1v) is 6.90. The molecule has 1 heterocycles. The van der Waals surface area contributed by atoms with Crippen LogP contribution in [-0.4, -0.2) is 11.1 Å². The quantitative estimate of drug-likeness (QED) is 0.932. The molecule has 0 aliphatic rings. The fourth-order valence-corrected chi connectivity index (χ4v) is 2.28. The lowest BCUT2D eigenvalue weighted by atomic mass is 10.0. The number of aromatic nitrogens is 1. The average Bonchev–Trinajstić information content (AvgIpc) is 2.76. The topological polar surface area (TPSA) is 55.1 Å². The average molecular weight is 293 g/mol. The number of amides is 1. The molecule has 0 radical (unpaired) electrons. The van der Waals surface area contributed by atoms with Gasteiger partial charge in [-0.1, -0.05) is 35.8 Å². The van der Waals surface area contributed by atoms with Crippen molar-refractivity contribution < 1.29 is 9.32 Å². The number of hydrogen-bond acceptors (Lipinski definition) is 3. The van der Waals surface area contributed by atoms with Gasteiger partial charge in [0.15, 0.2) is 0 Å². The summed E-state index contributed by atoms with van der Waals surface area (Å²) in [5, 5.41) is 7.49. The lowest BCUT2D eigenvalue weighted by Gasteiger charge is -2.17. The van der Waals surface area contributed by atoms with Crippen LogP contribution in [0.2, 0.25) is 5.02 Å². The lowest BCUT2D eigenvalue weighted by molar-refractivity contribution is 0.0933. The SMILES string of the molecule is CCC(NC(=O)c1c(C)noc1C)c1ccc(Cl)cc1. The van der Waals surface area contributed by atoms with Crippen molar-refractivity contribution >= 4 is 17.5 Å². The van der Waals surface area contributed by atoms with Crippen molar-refractivity contribution in [2.75, 3.05) is 0 Å². The molecule has 4 nitrogen and oxygen atoms in total. The summed E-state index contributed by atoms with van der Waals surface area (Å²) in [6.07, 6.45) is 0.788. The van der Waals surface area contributed by atoms with Crippen LogP contribution in [-0.2, 0) is 0 Å². The summed E-state index contributed by atoms with van der Waals surface area (Å²) < 4.78 is 5.02. The molecule has 0 aliphatic carbocycles. The van der Waals surface area contributed by atoms with E-state index >= 15 is 0 Å². The highest BCUT2D eigenvalue weighted by atomic mass is 35.5. The smallest absolute Gasteiger partial charge is 0.257 e. The van der Waals surface area contributed by atoms with Crippen LogP contribution in [0.15, 0.2) is 28.8 Å². The van der Waals surface area contributed by atoms with Crippen molar-refractivity contribution in [1.29, 1.82) is 0 Å². The van der Waals surface area contributed by atoms with Crippen LogP contribution >= 0.6 is 11.6 Å². The van der Waals surface area contributed by atoms with Gasteiger partial charge in [0.1, 0.15) is 11.3 Å². The number of aryl methyl sites for hydroxylation is 2. The Morgan fingerprint density at radius 3 is 2.50 bits per heavy atom. The first-order valence-electron chi connectivity index (χ1n) is 6.52. The molecule has 1 aromatic carbocycles. The number of benzene rings is 1. The van der Waals surface area contributed by atoms with Gasteiger partial charge in [-0.3, -0.25) is 4.79 Å². The molecule has 2 rings (SSSR count). The Labute approximate surface area is 123 Å². The van der Waals surface area contributed by atoms with E-state index < -0.39 is 0 Å². The summed E-state index contributed by atoms with van der Waals surface area (Å²) in [5.74, 6) is 0.369. The molecular formula is C15H17ClN2O2. The van der Waals surface area contributed by atoms with E-state index in [1.807, 2.05) is 31.2 Å². The zero-order valence-electron chi connectivity index (χ0n) is 11.7. The first-order chi connectivity index (χ1) is 9.52. The van der Waals surface area contributed by atoms with Crippen molar-refractivity contribution in [2.24, 2.45) is 0 Å². The third-order valence-corrected chi connectivity index (χ3v) is 3.50. The predicted molar refractivity (Wildman–Crippen MR) is 77.9 cm³/mol. The van der Waals surface area contributed by atoms with Gasteiger partial charge < -0.3 is 9.84 Å². The molecule has 0 saturated heterocycles. The van der Waals surface area contributed by atoms with Crippen molar-refractivity contribution in [3.05, 3.63) is 51.9 Å². The molecule has 106 valence electrons. The van der Waals surface area contributed by atoms with Crippen molar-refractivity contribution in [3.63, 3.8) is 0 Å². The molecule has 0 bridgehead atoms. The Balaban J connectivity index is 2.18. The number of hydrogen-bond donors (Lipinski definition) is 1. The summed E-state index contributed by atoms with van der Waals surface area (Å²) >= 11 is 5.88. The van der Waals surface area contributed by atoms with Gasteiger partial charge in [0.2, 0.25) is 0 Å². The molecular weight excluding hydrogens is 276 g/mol. The van der Waals surface area contributed by atoms with Crippen LogP contribution in [0.1, 0.15) is 46.8 Å². The molecule has 0 saturated carbocycles. The first kappa shape index (κ1) is 14.6. The van der Waals surface area contributed by atoms with Gasteiger partial charge in [-0.25, -0.2) is 0 Å². The summed E-state index contributed by atoms with van der Waals surface area (Å²) in [6.45, 7) is 5.51. The predicted octanol–water partition coefficient (Wildman–Crippen LogP) is 3.83. The van der Waals surface area contributed by atoms with E-state index in [1.54, 1.807) is 13.8 Å². The second-order valence-electron chi connectivity index (χ2n) is 4.69. The van der Waals surface area contributed by atoms with Gasteiger partial charge in [-0.05, 0) is 38.0 Å². The number of nitrogens with one attached hydrogen (secondary N) is 1. The minimum absolute atomic E-state index is 0.0616. The van der Waals surface area contributed by atoms with E-state index in [0.29, 0.717) is 22.0 Å². The van der Waals surface area contributed by atoms with Gasteiger partial charge >= 0.3 is 0 Å². The maximum absolute atomic E-state index is 12.3. The highest BCUT2D eigenvalue weighted by molar-refractivity contribution is 6.30. The maximum atomic E-state index is 12.3. The number of rotatable bonds is 4. The Morgan fingerprint density at radius 2 is 2.00 bits per heavy atom. The fourth-order valence-electron chi connectivity index (χ4n) is 2.15. The third kappa shape index (κ3) is 3.02. The van der Waals surface area contributed by atoms with Gasteiger partial charge in [-0.2, -0.15) is 0 Å². The largest absolute Gasteiger partial charge is 0.361 e. The standard InChI is InChI=1S/C15H17ClN2O2/c1-4-13(11-5-7-12(16)8-6-11)17-15(19)14-9(2)18-20-10(14)3/h5-8,13H,4H2,1-3H3,(H,17,19). The number of carbonyl (C=O) groups excluding carboxylic acids is 1. The van der Waals surface area contributed by atoms with E-state index in [0.717, 1.165) is 12.0 Å². The third-order valence-electron chi connectivity index (χ3n) is 3.25. The van der Waals surface area contributed by atoms with Crippen LogP contribution in [0.3, 0.4) is 0 Å². The van der Waals surface area contributed by atoms with Crippen LogP contribution in [0.4, 0.5) is 0 Å². The Kier molecular flexibility index (Phi) is 4.45. The zero-order valence-corrected chi connectivity index (χ0v) is 12.5. The van der Waals surface area contributed by atoms with Crippen molar-refractivity contribution in [1.82, 2.24) is 10.5 Å². The highest BCUT2D eigenvalue weighted by Gasteiger charge is 2.20. The van der Waals surface area contributed by atoms with E-state index in [4.69, 9.17) is 16.1 Å². The molecule has 20 heavy (non-hydrogen) atoms. The molecule has 0 aliphatic heterocycles. The normalized spacial score (nSPS) is 12.2. The van der Waals surface area contributed by atoms with Crippen molar-refractivity contribution in [2.45, 2.75) is 33.2 Å². The summed E-state index contributed by atoms with van der Waals surface area (Å²) in [6, 6.07) is 7.42. The van der Waals surface area contributed by atoms with Crippen LogP contribution < -0.4 is 5.32 Å². The molecule has 0 fully saturated rings. The van der Waals surface area contributed by atoms with Crippen LogP contribution in [0.5, 0.6) is 0 Å². The minimum atomic E-state index is -0.164. The van der Waals surface area contributed by atoms with Crippen LogP contribution in [0.25, 0.3) is 0 Å². The number of nitrogens with zero attached hydrogens (tertiary/aromatic N) is 1. The van der Waals surface area contributed by atoms with Gasteiger partial charge in [0, 0.05) is 5.02 Å². The second-order valence-corrected chi connectivity index (χ2v) is 5.12. The number of halogens is 1. The molecule has 1 N–H and O–H groups in total. The highest BCUT2D eigenvalue weighted by Crippen LogP contribution is 2.21. The lowest BCUT2D eigenvalue weighted by Crippen LogP contribution is -2.28. The summed E-state index contributed by atoms with van der Waals surface area (Å²) in [5.41, 5.74) is 2.14.